The predicted molar refractivity (Wildman–Crippen MR) is 63.8 cm³/mol. The van der Waals surface area contributed by atoms with E-state index in [-0.39, 0.29) is 0 Å². The Morgan fingerprint density at radius 2 is 2.13 bits per heavy atom. The molecule has 0 spiro atoms. The van der Waals surface area contributed by atoms with Crippen molar-refractivity contribution in [3.63, 3.8) is 0 Å². The van der Waals surface area contributed by atoms with Crippen LogP contribution in [0.2, 0.25) is 0 Å². The normalized spacial score (nSPS) is 14.1. The third kappa shape index (κ3) is 4.52. The molecule has 0 aliphatic carbocycles. The average molecular weight is 209 g/mol. The molecule has 0 saturated heterocycles. The first-order valence-corrected chi connectivity index (χ1v) is 5.79. The van der Waals surface area contributed by atoms with Gasteiger partial charge in [-0.25, -0.2) is 0 Å². The first-order valence-electron chi connectivity index (χ1n) is 5.79. The van der Waals surface area contributed by atoms with Crippen LogP contribution in [0.5, 0.6) is 0 Å². The minimum absolute atomic E-state index is 0.365. The second kappa shape index (κ2) is 5.36. The fourth-order valence-corrected chi connectivity index (χ4v) is 1.66. The van der Waals surface area contributed by atoms with Gasteiger partial charge in [-0.05, 0) is 36.9 Å². The molecule has 0 aliphatic heterocycles. The Bertz CT molecular complexity index is 259. The third-order valence-electron chi connectivity index (χ3n) is 2.52. The summed E-state index contributed by atoms with van der Waals surface area (Å²) in [6.45, 7) is 9.94. The lowest BCUT2D eigenvalue weighted by Crippen LogP contribution is -2.22. The largest absolute Gasteiger partial charge is 0.468 e. The Labute approximate surface area is 93.1 Å². The Balaban J connectivity index is 2.52. The summed E-state index contributed by atoms with van der Waals surface area (Å²) >= 11 is 0. The number of furan rings is 1. The molecule has 1 rings (SSSR count). The molecule has 0 fully saturated rings. The second-order valence-corrected chi connectivity index (χ2v) is 5.23. The summed E-state index contributed by atoms with van der Waals surface area (Å²) in [5.41, 5.74) is 0.389. The van der Waals surface area contributed by atoms with Crippen LogP contribution in [0.3, 0.4) is 0 Å². The Morgan fingerprint density at radius 1 is 1.40 bits per heavy atom. The molecule has 1 heterocycles. The summed E-state index contributed by atoms with van der Waals surface area (Å²) in [6.07, 6.45) is 4.08. The Kier molecular flexibility index (Phi) is 4.40. The molecule has 0 radical (unpaired) electrons. The number of nitrogens with one attached hydrogen (secondary N) is 1. The molecule has 2 nitrogen and oxygen atoms in total. The van der Waals surface area contributed by atoms with Crippen LogP contribution in [0.15, 0.2) is 22.8 Å². The Hall–Kier alpha value is -0.760. The third-order valence-corrected chi connectivity index (χ3v) is 2.52. The molecule has 0 bridgehead atoms. The van der Waals surface area contributed by atoms with Crippen molar-refractivity contribution in [1.29, 1.82) is 0 Å². The zero-order valence-corrected chi connectivity index (χ0v) is 10.3. The van der Waals surface area contributed by atoms with E-state index >= 15 is 0 Å². The van der Waals surface area contributed by atoms with E-state index in [0.717, 1.165) is 18.7 Å². The van der Waals surface area contributed by atoms with Gasteiger partial charge in [0.05, 0.1) is 12.3 Å². The first kappa shape index (κ1) is 12.3. The SMILES string of the molecule is CCNC(CCC(C)(C)C)c1ccco1. The lowest BCUT2D eigenvalue weighted by molar-refractivity contribution is 0.312. The minimum Gasteiger partial charge on any atom is -0.468 e. The monoisotopic (exact) mass is 209 g/mol. The van der Waals surface area contributed by atoms with E-state index in [9.17, 15) is 0 Å². The van der Waals surface area contributed by atoms with Crippen molar-refractivity contribution in [1.82, 2.24) is 5.32 Å². The van der Waals surface area contributed by atoms with Crippen LogP contribution in [0.1, 0.15) is 52.3 Å². The van der Waals surface area contributed by atoms with E-state index < -0.39 is 0 Å². The first-order chi connectivity index (χ1) is 7.03. The maximum atomic E-state index is 5.45. The van der Waals surface area contributed by atoms with Crippen LogP contribution >= 0.6 is 0 Å². The van der Waals surface area contributed by atoms with Crippen molar-refractivity contribution in [2.45, 2.75) is 46.6 Å². The molecule has 0 amide bonds. The zero-order valence-electron chi connectivity index (χ0n) is 10.3. The van der Waals surface area contributed by atoms with E-state index in [1.165, 1.54) is 6.42 Å². The van der Waals surface area contributed by atoms with Gasteiger partial charge in [0.25, 0.3) is 0 Å². The molecule has 0 saturated carbocycles. The molecule has 1 aromatic heterocycles. The molecule has 0 aromatic carbocycles. The molecule has 1 aromatic rings. The van der Waals surface area contributed by atoms with Gasteiger partial charge in [-0.3, -0.25) is 0 Å². The predicted octanol–water partition coefficient (Wildman–Crippen LogP) is 3.76. The molecule has 86 valence electrons. The summed E-state index contributed by atoms with van der Waals surface area (Å²) in [5.74, 6) is 1.06. The second-order valence-electron chi connectivity index (χ2n) is 5.23. The molecular weight excluding hydrogens is 186 g/mol. The standard InChI is InChI=1S/C13H23NO/c1-5-14-11(8-9-13(2,3)4)12-7-6-10-15-12/h6-7,10-11,14H,5,8-9H2,1-4H3. The van der Waals surface area contributed by atoms with Gasteiger partial charge < -0.3 is 9.73 Å². The quantitative estimate of drug-likeness (QED) is 0.798. The van der Waals surface area contributed by atoms with Crippen molar-refractivity contribution in [2.75, 3.05) is 6.54 Å². The van der Waals surface area contributed by atoms with E-state index in [1.54, 1.807) is 6.26 Å². The fourth-order valence-electron chi connectivity index (χ4n) is 1.66. The zero-order chi connectivity index (χ0) is 11.3. The van der Waals surface area contributed by atoms with Crippen LogP contribution in [-0.4, -0.2) is 6.54 Å². The highest BCUT2D eigenvalue weighted by Gasteiger charge is 2.17. The van der Waals surface area contributed by atoms with E-state index in [4.69, 9.17) is 4.42 Å². The molecule has 1 N–H and O–H groups in total. The lowest BCUT2D eigenvalue weighted by atomic mass is 9.88. The summed E-state index contributed by atoms with van der Waals surface area (Å²) in [4.78, 5) is 0. The molecule has 1 atom stereocenters. The van der Waals surface area contributed by atoms with Crippen LogP contribution in [-0.2, 0) is 0 Å². The van der Waals surface area contributed by atoms with Gasteiger partial charge in [-0.2, -0.15) is 0 Å². The van der Waals surface area contributed by atoms with Crippen LogP contribution in [0, 0.1) is 5.41 Å². The van der Waals surface area contributed by atoms with E-state index in [2.05, 4.69) is 39.1 Å². The maximum absolute atomic E-state index is 5.45. The van der Waals surface area contributed by atoms with Gasteiger partial charge in [0, 0.05) is 0 Å². The van der Waals surface area contributed by atoms with Gasteiger partial charge in [0.15, 0.2) is 0 Å². The van der Waals surface area contributed by atoms with Gasteiger partial charge >= 0.3 is 0 Å². The highest BCUT2D eigenvalue weighted by Crippen LogP contribution is 2.27. The summed E-state index contributed by atoms with van der Waals surface area (Å²) in [6, 6.07) is 4.37. The van der Waals surface area contributed by atoms with Gasteiger partial charge in [-0.1, -0.05) is 27.7 Å². The number of hydrogen-bond acceptors (Lipinski definition) is 2. The Morgan fingerprint density at radius 3 is 2.60 bits per heavy atom. The van der Waals surface area contributed by atoms with Crippen LogP contribution in [0.4, 0.5) is 0 Å². The smallest absolute Gasteiger partial charge is 0.120 e. The van der Waals surface area contributed by atoms with Gasteiger partial charge in [-0.15, -0.1) is 0 Å². The van der Waals surface area contributed by atoms with Crippen molar-refractivity contribution >= 4 is 0 Å². The highest BCUT2D eigenvalue weighted by atomic mass is 16.3. The van der Waals surface area contributed by atoms with Crippen molar-refractivity contribution < 1.29 is 4.42 Å². The average Bonchev–Trinajstić information content (AvgIpc) is 2.63. The van der Waals surface area contributed by atoms with Crippen molar-refractivity contribution in [3.05, 3.63) is 24.2 Å². The minimum atomic E-state index is 0.365. The summed E-state index contributed by atoms with van der Waals surface area (Å²) < 4.78 is 5.45. The van der Waals surface area contributed by atoms with E-state index in [1.807, 2.05) is 6.07 Å². The fraction of sp³-hybridized carbons (Fsp3) is 0.692. The van der Waals surface area contributed by atoms with Gasteiger partial charge in [0.2, 0.25) is 0 Å². The van der Waals surface area contributed by atoms with E-state index in [0.29, 0.717) is 11.5 Å². The van der Waals surface area contributed by atoms with Crippen molar-refractivity contribution in [3.8, 4) is 0 Å². The summed E-state index contributed by atoms with van der Waals surface area (Å²) in [7, 11) is 0. The number of hydrogen-bond donors (Lipinski definition) is 1. The number of rotatable bonds is 5. The maximum Gasteiger partial charge on any atom is 0.120 e. The molecular formula is C13H23NO. The molecule has 0 aliphatic rings. The molecule has 15 heavy (non-hydrogen) atoms. The van der Waals surface area contributed by atoms with Gasteiger partial charge in [0.1, 0.15) is 5.76 Å². The molecule has 1 unspecified atom stereocenters. The summed E-state index contributed by atoms with van der Waals surface area (Å²) in [5, 5.41) is 3.46. The molecule has 2 heteroatoms. The highest BCUT2D eigenvalue weighted by molar-refractivity contribution is 5.04. The topological polar surface area (TPSA) is 25.2 Å². The lowest BCUT2D eigenvalue weighted by Gasteiger charge is -2.22. The van der Waals surface area contributed by atoms with Crippen LogP contribution in [0.25, 0.3) is 0 Å². The van der Waals surface area contributed by atoms with Crippen molar-refractivity contribution in [2.24, 2.45) is 5.41 Å². The van der Waals surface area contributed by atoms with Crippen LogP contribution < -0.4 is 5.32 Å².